The molecule has 4 rings (SSSR count). The number of aryl methyl sites for hydroxylation is 1. The third kappa shape index (κ3) is 5.21. The average molecular weight is 429 g/mol. The monoisotopic (exact) mass is 429 g/mol. The van der Waals surface area contributed by atoms with Crippen LogP contribution in [0, 0.1) is 0 Å². The number of anilines is 1. The van der Waals surface area contributed by atoms with Gasteiger partial charge in [-0.15, -0.1) is 18.3 Å². The SMILES string of the molecule is Cn1ccc2cc(CC(=O)Nc3cnn(Cc4ccc(OC(F)(F)F)cc4)n3)ccc21. The van der Waals surface area contributed by atoms with Gasteiger partial charge in [-0.3, -0.25) is 4.79 Å². The maximum absolute atomic E-state index is 12.3. The Morgan fingerprint density at radius 2 is 1.84 bits per heavy atom. The Hall–Kier alpha value is -3.82. The van der Waals surface area contributed by atoms with Crippen LogP contribution in [0.3, 0.4) is 0 Å². The van der Waals surface area contributed by atoms with E-state index in [0.717, 1.165) is 16.5 Å². The third-order valence-electron chi connectivity index (χ3n) is 4.60. The standard InChI is InChI=1S/C21H18F3N5O2/c1-28-9-8-16-10-15(4-7-18(16)28)11-20(30)26-19-12-25-29(27-19)13-14-2-5-17(6-3-14)31-21(22,23)24/h2-10,12H,11,13H2,1H3,(H,26,27,30). The Morgan fingerprint density at radius 3 is 2.58 bits per heavy atom. The number of nitrogens with zero attached hydrogens (tertiary/aromatic N) is 4. The summed E-state index contributed by atoms with van der Waals surface area (Å²) in [7, 11) is 1.96. The Labute approximate surface area is 175 Å². The van der Waals surface area contributed by atoms with Gasteiger partial charge in [0, 0.05) is 18.8 Å². The van der Waals surface area contributed by atoms with Crippen LogP contribution in [0.4, 0.5) is 19.0 Å². The zero-order chi connectivity index (χ0) is 22.0. The zero-order valence-electron chi connectivity index (χ0n) is 16.4. The fourth-order valence-electron chi connectivity index (χ4n) is 3.20. The second-order valence-electron chi connectivity index (χ2n) is 7.00. The quantitative estimate of drug-likeness (QED) is 0.505. The number of aromatic nitrogens is 4. The van der Waals surface area contributed by atoms with Crippen molar-refractivity contribution in [2.45, 2.75) is 19.3 Å². The average Bonchev–Trinajstić information content (AvgIpc) is 3.28. The van der Waals surface area contributed by atoms with Crippen LogP contribution in [0.2, 0.25) is 0 Å². The summed E-state index contributed by atoms with van der Waals surface area (Å²) in [5, 5.41) is 12.0. The van der Waals surface area contributed by atoms with E-state index in [1.54, 1.807) is 0 Å². The molecule has 0 atom stereocenters. The smallest absolute Gasteiger partial charge is 0.406 e. The molecular formula is C21H18F3N5O2. The van der Waals surface area contributed by atoms with Crippen molar-refractivity contribution in [2.75, 3.05) is 5.32 Å². The van der Waals surface area contributed by atoms with Crippen molar-refractivity contribution in [3.8, 4) is 5.75 Å². The van der Waals surface area contributed by atoms with Crippen LogP contribution in [-0.4, -0.2) is 31.8 Å². The number of carbonyl (C=O) groups excluding carboxylic acids is 1. The van der Waals surface area contributed by atoms with Gasteiger partial charge in [0.15, 0.2) is 5.82 Å². The highest BCUT2D eigenvalue weighted by molar-refractivity contribution is 5.92. The summed E-state index contributed by atoms with van der Waals surface area (Å²) in [6.07, 6.45) is -1.16. The maximum Gasteiger partial charge on any atom is 0.573 e. The van der Waals surface area contributed by atoms with Crippen LogP contribution in [-0.2, 0) is 24.8 Å². The molecule has 1 amide bonds. The Morgan fingerprint density at radius 1 is 1.10 bits per heavy atom. The molecule has 0 unspecified atom stereocenters. The highest BCUT2D eigenvalue weighted by atomic mass is 19.4. The first-order valence-electron chi connectivity index (χ1n) is 9.34. The lowest BCUT2D eigenvalue weighted by Gasteiger charge is -2.09. The fraction of sp³-hybridized carbons (Fsp3) is 0.190. The number of nitrogens with one attached hydrogen (secondary N) is 1. The Balaban J connectivity index is 1.34. The predicted octanol–water partition coefficient (Wildman–Crippen LogP) is 3.90. The molecule has 2 aromatic carbocycles. The van der Waals surface area contributed by atoms with Crippen LogP contribution in [0.15, 0.2) is 60.9 Å². The largest absolute Gasteiger partial charge is 0.573 e. The Kier molecular flexibility index (Phi) is 5.37. The van der Waals surface area contributed by atoms with Gasteiger partial charge in [-0.1, -0.05) is 18.2 Å². The highest BCUT2D eigenvalue weighted by Gasteiger charge is 2.30. The molecule has 0 aliphatic heterocycles. The molecule has 160 valence electrons. The number of benzene rings is 2. The fourth-order valence-corrected chi connectivity index (χ4v) is 3.20. The summed E-state index contributed by atoms with van der Waals surface area (Å²) in [4.78, 5) is 13.7. The number of hydrogen-bond acceptors (Lipinski definition) is 4. The topological polar surface area (TPSA) is 74.0 Å². The molecule has 2 aromatic heterocycles. The number of ether oxygens (including phenoxy) is 1. The predicted molar refractivity (Wildman–Crippen MR) is 108 cm³/mol. The number of alkyl halides is 3. The summed E-state index contributed by atoms with van der Waals surface area (Å²) in [5.41, 5.74) is 2.65. The molecule has 10 heteroatoms. The van der Waals surface area contributed by atoms with Crippen molar-refractivity contribution in [1.29, 1.82) is 0 Å². The van der Waals surface area contributed by atoms with Crippen LogP contribution in [0.25, 0.3) is 10.9 Å². The van der Waals surface area contributed by atoms with E-state index in [2.05, 4.69) is 20.3 Å². The van der Waals surface area contributed by atoms with E-state index in [0.29, 0.717) is 11.4 Å². The van der Waals surface area contributed by atoms with Crippen molar-refractivity contribution in [3.63, 3.8) is 0 Å². The van der Waals surface area contributed by atoms with Gasteiger partial charge in [0.25, 0.3) is 0 Å². The Bertz CT molecular complexity index is 1210. The minimum Gasteiger partial charge on any atom is -0.406 e. The van der Waals surface area contributed by atoms with Crippen LogP contribution >= 0.6 is 0 Å². The van der Waals surface area contributed by atoms with E-state index in [9.17, 15) is 18.0 Å². The number of hydrogen-bond donors (Lipinski definition) is 1. The van der Waals surface area contributed by atoms with E-state index in [4.69, 9.17) is 0 Å². The zero-order valence-corrected chi connectivity index (χ0v) is 16.4. The number of amides is 1. The highest BCUT2D eigenvalue weighted by Crippen LogP contribution is 2.23. The van der Waals surface area contributed by atoms with Gasteiger partial charge in [-0.25, -0.2) is 0 Å². The van der Waals surface area contributed by atoms with Gasteiger partial charge in [0.1, 0.15) is 5.75 Å². The first-order valence-corrected chi connectivity index (χ1v) is 9.34. The van der Waals surface area contributed by atoms with E-state index in [1.165, 1.54) is 35.3 Å². The number of carbonyl (C=O) groups is 1. The summed E-state index contributed by atoms with van der Waals surface area (Å²) in [5.74, 6) is -0.231. The third-order valence-corrected chi connectivity index (χ3v) is 4.60. The van der Waals surface area contributed by atoms with Crippen molar-refractivity contribution >= 4 is 22.6 Å². The minimum atomic E-state index is -4.73. The summed E-state index contributed by atoms with van der Waals surface area (Å²) in [6.45, 7) is 0.229. The lowest BCUT2D eigenvalue weighted by atomic mass is 10.1. The molecule has 0 aliphatic carbocycles. The minimum absolute atomic E-state index is 0.193. The molecule has 4 aromatic rings. The van der Waals surface area contributed by atoms with Crippen molar-refractivity contribution in [1.82, 2.24) is 19.6 Å². The molecule has 2 heterocycles. The van der Waals surface area contributed by atoms with Crippen LogP contribution < -0.4 is 10.1 Å². The lowest BCUT2D eigenvalue weighted by Crippen LogP contribution is -2.17. The first-order chi connectivity index (χ1) is 14.7. The molecule has 0 fully saturated rings. The normalized spacial score (nSPS) is 11.6. The van der Waals surface area contributed by atoms with Gasteiger partial charge < -0.3 is 14.6 Å². The summed E-state index contributed by atoms with van der Waals surface area (Å²) >= 11 is 0. The molecule has 0 bridgehead atoms. The molecule has 0 radical (unpaired) electrons. The van der Waals surface area contributed by atoms with Gasteiger partial charge in [-0.05, 0) is 46.8 Å². The molecule has 1 N–H and O–H groups in total. The molecule has 7 nitrogen and oxygen atoms in total. The first kappa shape index (κ1) is 20.5. The summed E-state index contributed by atoms with van der Waals surface area (Å²) in [6, 6.07) is 13.3. The van der Waals surface area contributed by atoms with Crippen molar-refractivity contribution < 1.29 is 22.7 Å². The van der Waals surface area contributed by atoms with Gasteiger partial charge in [0.2, 0.25) is 5.91 Å². The molecule has 31 heavy (non-hydrogen) atoms. The van der Waals surface area contributed by atoms with Crippen molar-refractivity contribution in [3.05, 3.63) is 72.1 Å². The van der Waals surface area contributed by atoms with Crippen molar-refractivity contribution in [2.24, 2.45) is 7.05 Å². The molecular weight excluding hydrogens is 411 g/mol. The maximum atomic E-state index is 12.3. The van der Waals surface area contributed by atoms with E-state index in [-0.39, 0.29) is 24.6 Å². The number of halogens is 3. The second kappa shape index (κ2) is 8.13. The lowest BCUT2D eigenvalue weighted by molar-refractivity contribution is -0.274. The van der Waals surface area contributed by atoms with Gasteiger partial charge in [-0.2, -0.15) is 9.90 Å². The number of rotatable bonds is 6. The van der Waals surface area contributed by atoms with E-state index < -0.39 is 6.36 Å². The number of fused-ring (bicyclic) bond motifs is 1. The molecule has 0 spiro atoms. The van der Waals surface area contributed by atoms with E-state index in [1.807, 2.05) is 42.1 Å². The van der Waals surface area contributed by atoms with Crippen LogP contribution in [0.5, 0.6) is 5.75 Å². The molecule has 0 aliphatic rings. The second-order valence-corrected chi connectivity index (χ2v) is 7.00. The van der Waals surface area contributed by atoms with Gasteiger partial charge in [0.05, 0.1) is 19.2 Å². The molecule has 0 saturated heterocycles. The van der Waals surface area contributed by atoms with Crippen LogP contribution in [0.1, 0.15) is 11.1 Å². The molecule has 0 saturated carbocycles. The summed E-state index contributed by atoms with van der Waals surface area (Å²) < 4.78 is 42.5. The van der Waals surface area contributed by atoms with Gasteiger partial charge >= 0.3 is 6.36 Å². The van der Waals surface area contributed by atoms with E-state index >= 15 is 0 Å².